The molecule has 1 amide bonds. The minimum atomic E-state index is -3.59. The lowest BCUT2D eigenvalue weighted by Crippen LogP contribution is -2.28. The maximum Gasteiger partial charge on any atom is 0.256 e. The van der Waals surface area contributed by atoms with Crippen molar-refractivity contribution in [3.63, 3.8) is 0 Å². The van der Waals surface area contributed by atoms with Gasteiger partial charge in [-0.3, -0.25) is 4.79 Å². The zero-order valence-electron chi connectivity index (χ0n) is 20.5. The van der Waals surface area contributed by atoms with Gasteiger partial charge in [-0.2, -0.15) is 9.78 Å². The molecule has 35 heavy (non-hydrogen) atoms. The van der Waals surface area contributed by atoms with E-state index in [0.717, 1.165) is 28.8 Å². The first-order chi connectivity index (χ1) is 16.6. The molecule has 1 N–H and O–H groups in total. The molecule has 2 heterocycles. The van der Waals surface area contributed by atoms with Crippen molar-refractivity contribution in [3.05, 3.63) is 64.8 Å². The van der Waals surface area contributed by atoms with Crippen LogP contribution in [-0.2, 0) is 10.0 Å². The minimum Gasteiger partial charge on any atom is -0.306 e. The first kappa shape index (κ1) is 25.0. The Morgan fingerprint density at radius 2 is 1.77 bits per heavy atom. The molecule has 0 bridgehead atoms. The Morgan fingerprint density at radius 1 is 1.09 bits per heavy atom. The number of thiazole rings is 1. The van der Waals surface area contributed by atoms with Gasteiger partial charge in [-0.15, -0.1) is 0 Å². The van der Waals surface area contributed by atoms with E-state index in [-0.39, 0.29) is 10.8 Å². The Hall–Kier alpha value is -3.08. The van der Waals surface area contributed by atoms with Gasteiger partial charge in [0.1, 0.15) is 5.82 Å². The highest BCUT2D eigenvalue weighted by Gasteiger charge is 2.21. The molecule has 0 saturated heterocycles. The molecule has 0 atom stereocenters. The van der Waals surface area contributed by atoms with Crippen molar-refractivity contribution in [2.75, 3.05) is 18.9 Å². The molecule has 2 aromatic heterocycles. The molecule has 184 valence electrons. The predicted molar refractivity (Wildman–Crippen MR) is 140 cm³/mol. The van der Waals surface area contributed by atoms with Crippen LogP contribution in [0.2, 0.25) is 0 Å². The van der Waals surface area contributed by atoms with E-state index in [9.17, 15) is 13.2 Å². The van der Waals surface area contributed by atoms with Gasteiger partial charge in [0.05, 0.1) is 20.8 Å². The van der Waals surface area contributed by atoms with E-state index < -0.39 is 10.0 Å². The Morgan fingerprint density at radius 3 is 2.46 bits per heavy atom. The molecule has 0 aliphatic heterocycles. The first-order valence-corrected chi connectivity index (χ1v) is 13.7. The standard InChI is InChI=1S/C25H29N5O3S2/c1-6-7-12-29(5)35(32,33)20-10-8-19(9-11-20)24(31)27-23-15-18(4)28-30(23)25-26-21-13-16(2)17(3)14-22(21)34-25/h8-11,13-15H,6-7,12H2,1-5H3,(H,27,31). The van der Waals surface area contributed by atoms with Gasteiger partial charge in [-0.05, 0) is 74.7 Å². The Labute approximate surface area is 209 Å². The van der Waals surface area contributed by atoms with Crippen LogP contribution in [0.1, 0.15) is 46.9 Å². The second-order valence-corrected chi connectivity index (χ2v) is 11.7. The maximum atomic E-state index is 13.0. The number of nitrogens with zero attached hydrogens (tertiary/aromatic N) is 4. The number of anilines is 1. The molecule has 0 saturated carbocycles. The van der Waals surface area contributed by atoms with E-state index >= 15 is 0 Å². The van der Waals surface area contributed by atoms with Crippen molar-refractivity contribution in [3.8, 4) is 5.13 Å². The summed E-state index contributed by atoms with van der Waals surface area (Å²) in [7, 11) is -2.02. The van der Waals surface area contributed by atoms with Gasteiger partial charge in [0.2, 0.25) is 15.2 Å². The lowest BCUT2D eigenvalue weighted by Gasteiger charge is -2.17. The van der Waals surface area contributed by atoms with Gasteiger partial charge in [-0.1, -0.05) is 24.7 Å². The van der Waals surface area contributed by atoms with Crippen LogP contribution in [-0.4, -0.2) is 47.0 Å². The van der Waals surface area contributed by atoms with E-state index in [2.05, 4.69) is 36.4 Å². The summed E-state index contributed by atoms with van der Waals surface area (Å²) in [5.74, 6) is 0.137. The molecule has 0 fully saturated rings. The average Bonchev–Trinajstić information content (AvgIpc) is 3.39. The quantitative estimate of drug-likeness (QED) is 0.356. The molecule has 0 aliphatic carbocycles. The van der Waals surface area contributed by atoms with Crippen molar-refractivity contribution in [2.24, 2.45) is 0 Å². The van der Waals surface area contributed by atoms with Crippen molar-refractivity contribution in [2.45, 2.75) is 45.4 Å². The number of carbonyl (C=O) groups is 1. The minimum absolute atomic E-state index is 0.161. The van der Waals surface area contributed by atoms with E-state index in [1.165, 1.54) is 51.0 Å². The number of aromatic nitrogens is 3. The third-order valence-electron chi connectivity index (χ3n) is 5.90. The number of benzene rings is 2. The molecule has 0 unspecified atom stereocenters. The molecule has 0 aliphatic rings. The normalized spacial score (nSPS) is 11.9. The second kappa shape index (κ2) is 9.88. The number of fused-ring (bicyclic) bond motifs is 1. The van der Waals surface area contributed by atoms with Gasteiger partial charge in [0, 0.05) is 25.2 Å². The summed E-state index contributed by atoms with van der Waals surface area (Å²) < 4.78 is 29.5. The fraction of sp³-hybridized carbons (Fsp3) is 0.320. The summed E-state index contributed by atoms with van der Waals surface area (Å²) in [6.07, 6.45) is 1.70. The monoisotopic (exact) mass is 511 g/mol. The Kier molecular flexibility index (Phi) is 7.07. The zero-order valence-corrected chi connectivity index (χ0v) is 22.1. The molecule has 4 rings (SSSR count). The average molecular weight is 512 g/mol. The maximum absolute atomic E-state index is 13.0. The van der Waals surface area contributed by atoms with Gasteiger partial charge in [0.15, 0.2) is 0 Å². The van der Waals surface area contributed by atoms with Crippen molar-refractivity contribution < 1.29 is 13.2 Å². The van der Waals surface area contributed by atoms with Crippen LogP contribution >= 0.6 is 11.3 Å². The van der Waals surface area contributed by atoms with Crippen LogP contribution < -0.4 is 5.32 Å². The highest BCUT2D eigenvalue weighted by atomic mass is 32.2. The number of hydrogen-bond donors (Lipinski definition) is 1. The largest absolute Gasteiger partial charge is 0.306 e. The number of sulfonamides is 1. The predicted octanol–water partition coefficient (Wildman–Crippen LogP) is 5.08. The van der Waals surface area contributed by atoms with Crippen molar-refractivity contribution in [1.29, 1.82) is 0 Å². The third-order valence-corrected chi connectivity index (χ3v) is 8.76. The molecular formula is C25H29N5O3S2. The number of unbranched alkanes of at least 4 members (excludes halogenated alkanes) is 1. The van der Waals surface area contributed by atoms with Crippen LogP contribution in [0.5, 0.6) is 0 Å². The van der Waals surface area contributed by atoms with E-state index in [0.29, 0.717) is 23.1 Å². The summed E-state index contributed by atoms with van der Waals surface area (Å²) in [6.45, 7) is 8.44. The summed E-state index contributed by atoms with van der Waals surface area (Å²) in [4.78, 5) is 17.8. The SMILES string of the molecule is CCCCN(C)S(=O)(=O)c1ccc(C(=O)Nc2cc(C)nn2-c2nc3cc(C)c(C)cc3s2)cc1. The number of nitrogens with one attached hydrogen (secondary N) is 1. The topological polar surface area (TPSA) is 97.2 Å². The summed E-state index contributed by atoms with van der Waals surface area (Å²) in [5.41, 5.74) is 4.34. The van der Waals surface area contributed by atoms with Crippen LogP contribution in [0.15, 0.2) is 47.4 Å². The molecule has 10 heteroatoms. The molecule has 4 aromatic rings. The highest BCUT2D eigenvalue weighted by molar-refractivity contribution is 7.89. The number of amides is 1. The van der Waals surface area contributed by atoms with Gasteiger partial charge < -0.3 is 5.32 Å². The second-order valence-electron chi connectivity index (χ2n) is 8.64. The summed E-state index contributed by atoms with van der Waals surface area (Å²) >= 11 is 1.50. The first-order valence-electron chi connectivity index (χ1n) is 11.4. The Balaban J connectivity index is 1.57. The molecule has 8 nitrogen and oxygen atoms in total. The van der Waals surface area contributed by atoms with E-state index in [1.807, 2.05) is 13.8 Å². The third kappa shape index (κ3) is 5.14. The molecule has 0 spiro atoms. The van der Waals surface area contributed by atoms with E-state index in [1.54, 1.807) is 17.8 Å². The van der Waals surface area contributed by atoms with Crippen LogP contribution in [0.25, 0.3) is 15.3 Å². The van der Waals surface area contributed by atoms with Gasteiger partial charge in [0.25, 0.3) is 5.91 Å². The van der Waals surface area contributed by atoms with Crippen molar-refractivity contribution >= 4 is 43.3 Å². The number of hydrogen-bond acceptors (Lipinski definition) is 6. The number of rotatable bonds is 8. The number of aryl methyl sites for hydroxylation is 3. The van der Waals surface area contributed by atoms with E-state index in [4.69, 9.17) is 4.98 Å². The Bertz CT molecular complexity index is 1450. The fourth-order valence-electron chi connectivity index (χ4n) is 3.64. The molecule has 0 radical (unpaired) electrons. The summed E-state index contributed by atoms with van der Waals surface area (Å²) in [5, 5.41) is 8.07. The lowest BCUT2D eigenvalue weighted by atomic mass is 10.1. The molecular weight excluding hydrogens is 482 g/mol. The van der Waals surface area contributed by atoms with Crippen LogP contribution in [0.4, 0.5) is 5.82 Å². The molecule has 2 aromatic carbocycles. The number of carbonyl (C=O) groups excluding carboxylic acids is 1. The van der Waals surface area contributed by atoms with Crippen LogP contribution in [0.3, 0.4) is 0 Å². The lowest BCUT2D eigenvalue weighted by molar-refractivity contribution is 0.102. The van der Waals surface area contributed by atoms with Crippen molar-refractivity contribution in [1.82, 2.24) is 19.1 Å². The highest BCUT2D eigenvalue weighted by Crippen LogP contribution is 2.29. The fourth-order valence-corrected chi connectivity index (χ4v) is 5.86. The van der Waals surface area contributed by atoms with Gasteiger partial charge >= 0.3 is 0 Å². The smallest absolute Gasteiger partial charge is 0.256 e. The van der Waals surface area contributed by atoms with Crippen LogP contribution in [0, 0.1) is 20.8 Å². The zero-order chi connectivity index (χ0) is 25.3. The van der Waals surface area contributed by atoms with Gasteiger partial charge in [-0.25, -0.2) is 17.7 Å². The summed E-state index contributed by atoms with van der Waals surface area (Å²) in [6, 6.07) is 11.9.